The van der Waals surface area contributed by atoms with Crippen LogP contribution in [-0.2, 0) is 0 Å². The van der Waals surface area contributed by atoms with Gasteiger partial charge < -0.3 is 15.0 Å². The quantitative estimate of drug-likeness (QED) is 0.611. The average molecular weight is 449 g/mol. The van der Waals surface area contributed by atoms with Gasteiger partial charge in [0, 0.05) is 54.8 Å². The van der Waals surface area contributed by atoms with Crippen LogP contribution in [0, 0.1) is 12.3 Å². The lowest BCUT2D eigenvalue weighted by Crippen LogP contribution is -2.65. The van der Waals surface area contributed by atoms with Crippen molar-refractivity contribution in [3.8, 4) is 22.8 Å². The number of hydrogen-bond donors (Lipinski definition) is 1. The third-order valence-corrected chi connectivity index (χ3v) is 6.53. The number of amides is 1. The van der Waals surface area contributed by atoms with Crippen LogP contribution in [0.3, 0.4) is 0 Å². The summed E-state index contributed by atoms with van der Waals surface area (Å²) in [5, 5.41) is 3.71. The fourth-order valence-corrected chi connectivity index (χ4v) is 5.17. The van der Waals surface area contributed by atoms with E-state index in [0.717, 1.165) is 42.8 Å². The van der Waals surface area contributed by atoms with Crippen molar-refractivity contribution in [3.63, 3.8) is 0 Å². The molecule has 7 heteroatoms. The number of benzene rings is 1. The number of pyridine rings is 2. The number of likely N-dealkylation sites (tertiary alicyclic amines) is 1. The first kappa shape index (κ1) is 20.9. The number of carbonyl (C=O) groups excluding carboxylic acids is 1. The molecule has 6 nitrogen and oxygen atoms in total. The van der Waals surface area contributed by atoms with Gasteiger partial charge in [-0.05, 0) is 56.0 Å². The van der Waals surface area contributed by atoms with E-state index in [9.17, 15) is 4.79 Å². The monoisotopic (exact) mass is 448 g/mol. The maximum Gasteiger partial charge on any atom is 0.251 e. The van der Waals surface area contributed by atoms with Crippen LogP contribution in [0.2, 0.25) is 5.02 Å². The van der Waals surface area contributed by atoms with Crippen molar-refractivity contribution in [2.45, 2.75) is 25.8 Å². The minimum Gasteiger partial charge on any atom is -0.456 e. The Labute approximate surface area is 192 Å². The molecule has 0 atom stereocenters. The summed E-state index contributed by atoms with van der Waals surface area (Å²) in [6, 6.07) is 11.4. The lowest BCUT2D eigenvalue weighted by atomic mass is 9.61. The summed E-state index contributed by atoms with van der Waals surface area (Å²) in [5.74, 6) is 1.20. The highest BCUT2D eigenvalue weighted by molar-refractivity contribution is 6.30. The van der Waals surface area contributed by atoms with Crippen LogP contribution < -0.4 is 10.1 Å². The standard InChI is InChI=1S/C25H25ClN4O2/c1-16-7-17(23-9-20(5-6-28-23)32-21-8-18(26)12-27-13-21)3-4-22(16)24(31)29-19-10-25(11-19)14-30(2)15-25/h3-9,12-13,19H,10-11,14-15H2,1-2H3,(H,29,31). The Morgan fingerprint density at radius 2 is 1.97 bits per heavy atom. The lowest BCUT2D eigenvalue weighted by molar-refractivity contribution is -0.0625. The molecule has 1 amide bonds. The van der Waals surface area contributed by atoms with E-state index in [4.69, 9.17) is 16.3 Å². The van der Waals surface area contributed by atoms with Gasteiger partial charge >= 0.3 is 0 Å². The number of aryl methyl sites for hydroxylation is 1. The largest absolute Gasteiger partial charge is 0.456 e. The Morgan fingerprint density at radius 1 is 1.16 bits per heavy atom. The van der Waals surface area contributed by atoms with Gasteiger partial charge in [0.1, 0.15) is 11.5 Å². The van der Waals surface area contributed by atoms with Crippen LogP contribution >= 0.6 is 11.6 Å². The molecule has 1 N–H and O–H groups in total. The summed E-state index contributed by atoms with van der Waals surface area (Å²) in [6.07, 6.45) is 7.03. The average Bonchev–Trinajstić information content (AvgIpc) is 2.71. The third-order valence-electron chi connectivity index (χ3n) is 6.32. The third kappa shape index (κ3) is 4.20. The van der Waals surface area contributed by atoms with Crippen molar-refractivity contribution < 1.29 is 9.53 Å². The summed E-state index contributed by atoms with van der Waals surface area (Å²) in [6.45, 7) is 4.26. The molecule has 3 heterocycles. The fraction of sp³-hybridized carbons (Fsp3) is 0.320. The minimum atomic E-state index is 0.0000718. The maximum absolute atomic E-state index is 12.8. The molecule has 1 aliphatic carbocycles. The highest BCUT2D eigenvalue weighted by Crippen LogP contribution is 2.47. The number of carbonyl (C=O) groups is 1. The normalized spacial score (nSPS) is 17.5. The molecule has 2 aliphatic rings. The molecule has 5 rings (SSSR count). The first-order chi connectivity index (χ1) is 15.4. The molecule has 1 saturated heterocycles. The first-order valence-electron chi connectivity index (χ1n) is 10.7. The van der Waals surface area contributed by atoms with Gasteiger partial charge in [-0.3, -0.25) is 14.8 Å². The summed E-state index contributed by atoms with van der Waals surface area (Å²) in [4.78, 5) is 23.6. The number of nitrogens with zero attached hydrogens (tertiary/aromatic N) is 3. The van der Waals surface area contributed by atoms with Crippen LogP contribution in [-0.4, -0.2) is 47.0 Å². The predicted molar refractivity (Wildman–Crippen MR) is 124 cm³/mol. The fourth-order valence-electron chi connectivity index (χ4n) is 5.00. The Bertz CT molecular complexity index is 1170. The van der Waals surface area contributed by atoms with Gasteiger partial charge in [-0.1, -0.05) is 17.7 Å². The van der Waals surface area contributed by atoms with Crippen molar-refractivity contribution in [2.24, 2.45) is 5.41 Å². The molecule has 164 valence electrons. The van der Waals surface area contributed by atoms with Gasteiger partial charge in [0.2, 0.25) is 0 Å². The minimum absolute atomic E-state index is 0.0000718. The van der Waals surface area contributed by atoms with Gasteiger partial charge in [-0.2, -0.15) is 0 Å². The Morgan fingerprint density at radius 3 is 2.69 bits per heavy atom. The van der Waals surface area contributed by atoms with Crippen LogP contribution in [0.25, 0.3) is 11.3 Å². The van der Waals surface area contributed by atoms with Crippen molar-refractivity contribution >= 4 is 17.5 Å². The second kappa shape index (κ2) is 8.19. The lowest BCUT2D eigenvalue weighted by Gasteiger charge is -2.58. The summed E-state index contributed by atoms with van der Waals surface area (Å²) >= 11 is 5.98. The van der Waals surface area contributed by atoms with E-state index in [-0.39, 0.29) is 11.9 Å². The van der Waals surface area contributed by atoms with Crippen molar-refractivity contribution in [1.82, 2.24) is 20.2 Å². The van der Waals surface area contributed by atoms with Crippen LogP contribution in [0.15, 0.2) is 55.0 Å². The molecule has 2 aromatic heterocycles. The van der Waals surface area contributed by atoms with Crippen molar-refractivity contribution in [1.29, 1.82) is 0 Å². The number of ether oxygens (including phenoxy) is 1. The molecule has 3 aromatic rings. The van der Waals surface area contributed by atoms with Crippen LogP contribution in [0.1, 0.15) is 28.8 Å². The summed E-state index contributed by atoms with van der Waals surface area (Å²) < 4.78 is 5.86. The summed E-state index contributed by atoms with van der Waals surface area (Å²) in [7, 11) is 2.15. The van der Waals surface area contributed by atoms with Crippen molar-refractivity contribution in [2.75, 3.05) is 20.1 Å². The molecule has 0 bridgehead atoms. The topological polar surface area (TPSA) is 67.3 Å². The van der Waals surface area contributed by atoms with Gasteiger partial charge in [0.25, 0.3) is 5.91 Å². The number of aromatic nitrogens is 2. The van der Waals surface area contributed by atoms with Gasteiger partial charge in [0.05, 0.1) is 16.9 Å². The zero-order chi connectivity index (χ0) is 22.3. The molecule has 0 unspecified atom stereocenters. The molecule has 32 heavy (non-hydrogen) atoms. The molecular weight excluding hydrogens is 424 g/mol. The number of rotatable bonds is 5. The molecule has 1 spiro atoms. The highest BCUT2D eigenvalue weighted by atomic mass is 35.5. The van der Waals surface area contributed by atoms with Crippen LogP contribution in [0.5, 0.6) is 11.5 Å². The molecule has 1 aliphatic heterocycles. The van der Waals surface area contributed by atoms with Gasteiger partial charge in [0.15, 0.2) is 0 Å². The Kier molecular flexibility index (Phi) is 5.35. The molecular formula is C25H25ClN4O2. The molecule has 1 aromatic carbocycles. The number of nitrogens with one attached hydrogen (secondary N) is 1. The van der Waals surface area contributed by atoms with Crippen LogP contribution in [0.4, 0.5) is 0 Å². The maximum atomic E-state index is 12.8. The van der Waals surface area contributed by atoms with E-state index in [1.165, 1.54) is 0 Å². The predicted octanol–water partition coefficient (Wildman–Crippen LogP) is 4.72. The number of hydrogen-bond acceptors (Lipinski definition) is 5. The highest BCUT2D eigenvalue weighted by Gasteiger charge is 2.51. The van der Waals surface area contributed by atoms with Gasteiger partial charge in [-0.25, -0.2) is 0 Å². The first-order valence-corrected chi connectivity index (χ1v) is 11.1. The zero-order valence-corrected chi connectivity index (χ0v) is 18.9. The van der Waals surface area contributed by atoms with Gasteiger partial charge in [-0.15, -0.1) is 0 Å². The van der Waals surface area contributed by atoms with E-state index in [0.29, 0.717) is 27.5 Å². The SMILES string of the molecule is Cc1cc(-c2cc(Oc3cncc(Cl)c3)ccn2)ccc1C(=O)NC1CC2(C1)CN(C)C2. The van der Waals surface area contributed by atoms with E-state index < -0.39 is 0 Å². The van der Waals surface area contributed by atoms with Crippen molar-refractivity contribution in [3.05, 3.63) is 71.1 Å². The van der Waals surface area contributed by atoms with E-state index >= 15 is 0 Å². The van der Waals surface area contributed by atoms with E-state index in [2.05, 4.69) is 27.2 Å². The Hall–Kier alpha value is -2.96. The molecule has 0 radical (unpaired) electrons. The summed E-state index contributed by atoms with van der Waals surface area (Å²) in [5.41, 5.74) is 3.77. The Balaban J connectivity index is 1.26. The second-order valence-corrected chi connectivity index (χ2v) is 9.53. The van der Waals surface area contributed by atoms with E-state index in [1.54, 1.807) is 30.7 Å². The second-order valence-electron chi connectivity index (χ2n) is 9.10. The smallest absolute Gasteiger partial charge is 0.251 e. The molecule has 1 saturated carbocycles. The van der Waals surface area contributed by atoms with E-state index in [1.807, 2.05) is 31.2 Å². The zero-order valence-electron chi connectivity index (χ0n) is 18.1. The number of halogens is 1. The molecule has 2 fully saturated rings.